The van der Waals surface area contributed by atoms with Crippen LogP contribution in [-0.4, -0.2) is 54.0 Å². The van der Waals surface area contributed by atoms with Gasteiger partial charge in [0.1, 0.15) is 0 Å². The summed E-state index contributed by atoms with van der Waals surface area (Å²) in [5.41, 5.74) is 5.89. The van der Waals surface area contributed by atoms with Crippen molar-refractivity contribution in [1.29, 1.82) is 0 Å². The predicted octanol–water partition coefficient (Wildman–Crippen LogP) is 1.88. The molecule has 1 fully saturated rings. The van der Waals surface area contributed by atoms with Crippen molar-refractivity contribution in [1.82, 2.24) is 9.80 Å². The lowest BCUT2D eigenvalue weighted by Crippen LogP contribution is -2.54. The number of hydrogen-bond donors (Lipinski definition) is 1. The van der Waals surface area contributed by atoms with E-state index in [1.54, 1.807) is 4.90 Å². The number of hydrogen-bond acceptors (Lipinski definition) is 3. The quantitative estimate of drug-likeness (QED) is 0.919. The molecule has 1 heterocycles. The molecule has 1 aliphatic rings. The first kappa shape index (κ1) is 18.8. The Morgan fingerprint density at radius 3 is 2.27 bits per heavy atom. The van der Waals surface area contributed by atoms with Crippen molar-refractivity contribution in [3.8, 4) is 0 Å². The highest BCUT2D eigenvalue weighted by molar-refractivity contribution is 5.94. The van der Waals surface area contributed by atoms with Crippen LogP contribution in [0.3, 0.4) is 0 Å². The zero-order valence-electron chi connectivity index (χ0n) is 12.8. The van der Waals surface area contributed by atoms with Crippen LogP contribution < -0.4 is 5.73 Å². The average Bonchev–Trinajstić information content (AvgIpc) is 2.40. The van der Waals surface area contributed by atoms with E-state index < -0.39 is 11.6 Å². The van der Waals surface area contributed by atoms with Crippen LogP contribution in [0.25, 0.3) is 0 Å². The van der Waals surface area contributed by atoms with E-state index in [0.29, 0.717) is 13.1 Å². The van der Waals surface area contributed by atoms with Crippen LogP contribution in [-0.2, 0) is 0 Å². The number of piperazine rings is 1. The van der Waals surface area contributed by atoms with E-state index in [-0.39, 0.29) is 29.4 Å². The van der Waals surface area contributed by atoms with E-state index in [9.17, 15) is 13.6 Å². The summed E-state index contributed by atoms with van der Waals surface area (Å²) in [6.45, 7) is 7.28. The van der Waals surface area contributed by atoms with Gasteiger partial charge in [-0.2, -0.15) is 0 Å². The van der Waals surface area contributed by atoms with E-state index in [2.05, 4.69) is 4.90 Å². The van der Waals surface area contributed by atoms with Gasteiger partial charge in [-0.15, -0.1) is 12.4 Å². The molecule has 1 aliphatic heterocycles. The summed E-state index contributed by atoms with van der Waals surface area (Å²) >= 11 is 0. The number of nitrogens with zero attached hydrogens (tertiary/aromatic N) is 2. The zero-order chi connectivity index (χ0) is 15.6. The SMILES string of the molecule is CC(C)(N)CN1CCN(C(=O)c2ccc(F)c(F)c2)CC1.Cl. The number of amides is 1. The standard InChI is InChI=1S/C15H21F2N3O.ClH/c1-15(2,18)10-19-5-7-20(8-6-19)14(21)11-3-4-12(16)13(17)9-11;/h3-4,9H,5-8,10,18H2,1-2H3;1H. The molecule has 2 N–H and O–H groups in total. The second kappa shape index (κ2) is 7.35. The molecule has 1 aromatic rings. The molecule has 22 heavy (non-hydrogen) atoms. The molecule has 7 heteroatoms. The summed E-state index contributed by atoms with van der Waals surface area (Å²) < 4.78 is 26.1. The Morgan fingerprint density at radius 2 is 1.77 bits per heavy atom. The van der Waals surface area contributed by atoms with Gasteiger partial charge in [-0.05, 0) is 32.0 Å². The Hall–Kier alpha value is -1.24. The highest BCUT2D eigenvalue weighted by atomic mass is 35.5. The number of rotatable bonds is 3. The van der Waals surface area contributed by atoms with E-state index >= 15 is 0 Å². The van der Waals surface area contributed by atoms with Crippen LogP contribution in [0.15, 0.2) is 18.2 Å². The van der Waals surface area contributed by atoms with Gasteiger partial charge in [0, 0.05) is 43.8 Å². The molecule has 0 unspecified atom stereocenters. The molecule has 2 rings (SSSR count). The molecular weight excluding hydrogens is 312 g/mol. The van der Waals surface area contributed by atoms with Crippen molar-refractivity contribution in [3.63, 3.8) is 0 Å². The summed E-state index contributed by atoms with van der Waals surface area (Å²) in [5, 5.41) is 0. The summed E-state index contributed by atoms with van der Waals surface area (Å²) in [6, 6.07) is 3.25. The lowest BCUT2D eigenvalue weighted by Gasteiger charge is -2.37. The van der Waals surface area contributed by atoms with Crippen molar-refractivity contribution < 1.29 is 13.6 Å². The Kier molecular flexibility index (Phi) is 6.28. The van der Waals surface area contributed by atoms with Crippen molar-refractivity contribution in [2.75, 3.05) is 32.7 Å². The van der Waals surface area contributed by atoms with Crippen molar-refractivity contribution in [3.05, 3.63) is 35.4 Å². The number of carbonyl (C=O) groups is 1. The van der Waals surface area contributed by atoms with Crippen LogP contribution >= 0.6 is 12.4 Å². The lowest BCUT2D eigenvalue weighted by molar-refractivity contribution is 0.0615. The fourth-order valence-electron chi connectivity index (χ4n) is 2.50. The van der Waals surface area contributed by atoms with Crippen LogP contribution in [0.5, 0.6) is 0 Å². The maximum Gasteiger partial charge on any atom is 0.254 e. The minimum atomic E-state index is -0.996. The third kappa shape index (κ3) is 4.90. The van der Waals surface area contributed by atoms with E-state index in [0.717, 1.165) is 31.8 Å². The first-order valence-corrected chi connectivity index (χ1v) is 7.02. The zero-order valence-corrected chi connectivity index (χ0v) is 13.6. The van der Waals surface area contributed by atoms with Crippen LogP contribution in [0.1, 0.15) is 24.2 Å². The Morgan fingerprint density at radius 1 is 1.18 bits per heavy atom. The third-order valence-corrected chi connectivity index (χ3v) is 3.46. The lowest BCUT2D eigenvalue weighted by atomic mass is 10.1. The molecule has 4 nitrogen and oxygen atoms in total. The molecule has 0 saturated carbocycles. The highest BCUT2D eigenvalue weighted by Gasteiger charge is 2.25. The van der Waals surface area contributed by atoms with Crippen LogP contribution in [0.4, 0.5) is 8.78 Å². The fourth-order valence-corrected chi connectivity index (χ4v) is 2.50. The average molecular weight is 334 g/mol. The molecule has 0 spiro atoms. The molecule has 1 amide bonds. The van der Waals surface area contributed by atoms with Gasteiger partial charge in [0.2, 0.25) is 0 Å². The normalized spacial score (nSPS) is 16.3. The summed E-state index contributed by atoms with van der Waals surface area (Å²) in [7, 11) is 0. The van der Waals surface area contributed by atoms with Gasteiger partial charge < -0.3 is 10.6 Å². The topological polar surface area (TPSA) is 49.6 Å². The molecule has 0 aromatic heterocycles. The molecule has 124 valence electrons. The number of halogens is 3. The minimum absolute atomic E-state index is 0. The maximum atomic E-state index is 13.2. The highest BCUT2D eigenvalue weighted by Crippen LogP contribution is 2.13. The van der Waals surface area contributed by atoms with Crippen LogP contribution in [0.2, 0.25) is 0 Å². The molecule has 1 saturated heterocycles. The van der Waals surface area contributed by atoms with Crippen molar-refractivity contribution >= 4 is 18.3 Å². The van der Waals surface area contributed by atoms with Crippen molar-refractivity contribution in [2.45, 2.75) is 19.4 Å². The Balaban J connectivity index is 0.00000242. The van der Waals surface area contributed by atoms with Crippen LogP contribution in [0, 0.1) is 11.6 Å². The number of carbonyl (C=O) groups excluding carboxylic acids is 1. The molecule has 0 atom stereocenters. The smallest absolute Gasteiger partial charge is 0.254 e. The third-order valence-electron chi connectivity index (χ3n) is 3.46. The minimum Gasteiger partial charge on any atom is -0.336 e. The Bertz CT molecular complexity index is 526. The van der Waals surface area contributed by atoms with Gasteiger partial charge in [-0.3, -0.25) is 9.69 Å². The number of nitrogens with two attached hydrogens (primary N) is 1. The van der Waals surface area contributed by atoms with Gasteiger partial charge >= 0.3 is 0 Å². The van der Waals surface area contributed by atoms with E-state index in [1.165, 1.54) is 6.07 Å². The van der Waals surface area contributed by atoms with Gasteiger partial charge in [0.25, 0.3) is 5.91 Å². The molecule has 0 aliphatic carbocycles. The van der Waals surface area contributed by atoms with Gasteiger partial charge in [0.05, 0.1) is 0 Å². The largest absolute Gasteiger partial charge is 0.336 e. The van der Waals surface area contributed by atoms with Crippen molar-refractivity contribution in [2.24, 2.45) is 5.73 Å². The molecular formula is C15H22ClF2N3O. The number of benzene rings is 1. The molecule has 1 aromatic carbocycles. The fraction of sp³-hybridized carbons (Fsp3) is 0.533. The first-order valence-electron chi connectivity index (χ1n) is 7.02. The van der Waals surface area contributed by atoms with Gasteiger partial charge in [-0.1, -0.05) is 0 Å². The Labute approximate surface area is 135 Å². The molecule has 0 radical (unpaired) electrons. The summed E-state index contributed by atoms with van der Waals surface area (Å²) in [6.07, 6.45) is 0. The maximum absolute atomic E-state index is 13.2. The first-order chi connectivity index (χ1) is 9.76. The second-order valence-electron chi connectivity index (χ2n) is 6.19. The predicted molar refractivity (Wildman–Crippen MR) is 84.2 cm³/mol. The van der Waals surface area contributed by atoms with E-state index in [1.807, 2.05) is 13.8 Å². The molecule has 0 bridgehead atoms. The monoisotopic (exact) mass is 333 g/mol. The summed E-state index contributed by atoms with van der Waals surface area (Å²) in [5.74, 6) is -2.20. The second-order valence-corrected chi connectivity index (χ2v) is 6.19. The van der Waals surface area contributed by atoms with E-state index in [4.69, 9.17) is 5.73 Å². The van der Waals surface area contributed by atoms with Gasteiger partial charge in [0.15, 0.2) is 11.6 Å². The summed E-state index contributed by atoms with van der Waals surface area (Å²) in [4.78, 5) is 16.1. The van der Waals surface area contributed by atoms with Gasteiger partial charge in [-0.25, -0.2) is 8.78 Å².